The van der Waals surface area contributed by atoms with Gasteiger partial charge in [-0.1, -0.05) is 0 Å². The van der Waals surface area contributed by atoms with Gasteiger partial charge >= 0.3 is 0 Å². The van der Waals surface area contributed by atoms with Crippen molar-refractivity contribution in [3.63, 3.8) is 0 Å². The Hall–Kier alpha value is -1.94. The zero-order valence-corrected chi connectivity index (χ0v) is 10.8. The van der Waals surface area contributed by atoms with Gasteiger partial charge in [-0.05, 0) is 43.7 Å². The number of hydrogen-bond acceptors (Lipinski definition) is 3. The highest BCUT2D eigenvalue weighted by Crippen LogP contribution is 2.23. The Morgan fingerprint density at radius 3 is 2.72 bits per heavy atom. The van der Waals surface area contributed by atoms with Crippen LogP contribution in [0.25, 0.3) is 10.9 Å². The molecule has 0 spiro atoms. The number of nitrogens with zero attached hydrogens (tertiary/aromatic N) is 1. The van der Waals surface area contributed by atoms with Crippen molar-refractivity contribution in [1.29, 1.82) is 0 Å². The average molecular weight is 243 g/mol. The third-order valence-electron chi connectivity index (χ3n) is 2.82. The van der Waals surface area contributed by atoms with Crippen molar-refractivity contribution in [1.82, 2.24) is 4.98 Å². The number of benzene rings is 1. The molecule has 4 heteroatoms. The van der Waals surface area contributed by atoms with Gasteiger partial charge in [0.05, 0.1) is 11.2 Å². The number of aromatic nitrogens is 1. The van der Waals surface area contributed by atoms with E-state index < -0.39 is 0 Å². The quantitative estimate of drug-likeness (QED) is 0.851. The number of rotatable bonds is 2. The lowest BCUT2D eigenvalue weighted by Gasteiger charge is -2.10. The maximum atomic E-state index is 11.0. The Balaban J connectivity index is 2.54. The molecule has 1 heterocycles. The summed E-state index contributed by atoms with van der Waals surface area (Å²) >= 11 is 0. The Bertz CT molecular complexity index is 605. The summed E-state index contributed by atoms with van der Waals surface area (Å²) in [5.74, 6) is -0.0767. The number of nitrogens with two attached hydrogens (primary N) is 1. The van der Waals surface area contributed by atoms with Crippen LogP contribution >= 0.6 is 0 Å². The SMILES string of the molecule is CC(=O)Nc1ccc2nc(C(C)N)cc(C)c2c1. The van der Waals surface area contributed by atoms with E-state index in [0.717, 1.165) is 27.8 Å². The van der Waals surface area contributed by atoms with Crippen LogP contribution in [-0.2, 0) is 4.79 Å². The molecule has 1 unspecified atom stereocenters. The number of carbonyl (C=O) groups excluding carboxylic acids is 1. The predicted molar refractivity (Wildman–Crippen MR) is 73.4 cm³/mol. The molecule has 94 valence electrons. The Morgan fingerprint density at radius 2 is 2.11 bits per heavy atom. The van der Waals surface area contributed by atoms with Gasteiger partial charge in [0.25, 0.3) is 0 Å². The predicted octanol–water partition coefficient (Wildman–Crippen LogP) is 2.52. The van der Waals surface area contributed by atoms with Crippen molar-refractivity contribution >= 4 is 22.5 Å². The summed E-state index contributed by atoms with van der Waals surface area (Å²) in [6.07, 6.45) is 0. The largest absolute Gasteiger partial charge is 0.326 e. The average Bonchev–Trinajstić information content (AvgIpc) is 2.28. The van der Waals surface area contributed by atoms with Crippen LogP contribution in [0, 0.1) is 6.92 Å². The van der Waals surface area contributed by atoms with Gasteiger partial charge < -0.3 is 11.1 Å². The number of fused-ring (bicyclic) bond motifs is 1. The van der Waals surface area contributed by atoms with Gasteiger partial charge in [-0.2, -0.15) is 0 Å². The summed E-state index contributed by atoms with van der Waals surface area (Å²) in [6, 6.07) is 7.60. The summed E-state index contributed by atoms with van der Waals surface area (Å²) in [4.78, 5) is 15.6. The Kier molecular flexibility index (Phi) is 3.30. The smallest absolute Gasteiger partial charge is 0.221 e. The van der Waals surface area contributed by atoms with E-state index in [1.807, 2.05) is 38.1 Å². The van der Waals surface area contributed by atoms with E-state index in [1.54, 1.807) is 0 Å². The van der Waals surface area contributed by atoms with Gasteiger partial charge in [-0.3, -0.25) is 9.78 Å². The van der Waals surface area contributed by atoms with Crippen LogP contribution in [0.4, 0.5) is 5.69 Å². The second kappa shape index (κ2) is 4.74. The summed E-state index contributed by atoms with van der Waals surface area (Å²) in [7, 11) is 0. The monoisotopic (exact) mass is 243 g/mol. The highest BCUT2D eigenvalue weighted by Gasteiger charge is 2.07. The maximum absolute atomic E-state index is 11.0. The van der Waals surface area contributed by atoms with Crippen LogP contribution in [0.15, 0.2) is 24.3 Å². The molecule has 1 aromatic carbocycles. The lowest BCUT2D eigenvalue weighted by atomic mass is 10.1. The lowest BCUT2D eigenvalue weighted by Crippen LogP contribution is -2.08. The fourth-order valence-electron chi connectivity index (χ4n) is 1.93. The minimum Gasteiger partial charge on any atom is -0.326 e. The van der Waals surface area contributed by atoms with E-state index in [-0.39, 0.29) is 11.9 Å². The van der Waals surface area contributed by atoms with Crippen molar-refractivity contribution in [2.75, 3.05) is 5.32 Å². The minimum atomic E-state index is -0.0804. The molecule has 0 bridgehead atoms. The first kappa shape index (κ1) is 12.5. The molecular formula is C14H17N3O. The first-order valence-corrected chi connectivity index (χ1v) is 5.92. The lowest BCUT2D eigenvalue weighted by molar-refractivity contribution is -0.114. The van der Waals surface area contributed by atoms with E-state index in [9.17, 15) is 4.79 Å². The molecule has 1 amide bonds. The zero-order chi connectivity index (χ0) is 13.3. The van der Waals surface area contributed by atoms with Gasteiger partial charge in [0.1, 0.15) is 0 Å². The summed E-state index contributed by atoms with van der Waals surface area (Å²) in [5.41, 5.74) is 9.53. The first-order chi connectivity index (χ1) is 8.47. The van der Waals surface area contributed by atoms with Gasteiger partial charge in [-0.25, -0.2) is 0 Å². The first-order valence-electron chi connectivity index (χ1n) is 5.92. The Labute approximate surface area is 106 Å². The van der Waals surface area contributed by atoms with E-state index in [0.29, 0.717) is 0 Å². The second-order valence-electron chi connectivity index (χ2n) is 4.57. The topological polar surface area (TPSA) is 68.0 Å². The van der Waals surface area contributed by atoms with E-state index in [4.69, 9.17) is 5.73 Å². The molecule has 0 radical (unpaired) electrons. The Morgan fingerprint density at radius 1 is 1.39 bits per heavy atom. The standard InChI is InChI=1S/C14H17N3O/c1-8-6-14(9(2)15)17-13-5-4-11(7-12(8)13)16-10(3)18/h4-7,9H,15H2,1-3H3,(H,16,18). The number of pyridine rings is 1. The zero-order valence-electron chi connectivity index (χ0n) is 10.8. The molecule has 3 N–H and O–H groups in total. The fraction of sp³-hybridized carbons (Fsp3) is 0.286. The van der Waals surface area contributed by atoms with Crippen LogP contribution in [0.5, 0.6) is 0 Å². The molecule has 0 aliphatic heterocycles. The second-order valence-corrected chi connectivity index (χ2v) is 4.57. The van der Waals surface area contributed by atoms with E-state index >= 15 is 0 Å². The van der Waals surface area contributed by atoms with Crippen molar-refractivity contribution in [3.05, 3.63) is 35.5 Å². The molecule has 2 aromatic rings. The van der Waals surface area contributed by atoms with Crippen LogP contribution in [0.1, 0.15) is 31.1 Å². The number of anilines is 1. The van der Waals surface area contributed by atoms with Crippen LogP contribution in [0.3, 0.4) is 0 Å². The van der Waals surface area contributed by atoms with Gasteiger partial charge in [0.15, 0.2) is 0 Å². The molecule has 18 heavy (non-hydrogen) atoms. The van der Waals surface area contributed by atoms with Crippen LogP contribution in [-0.4, -0.2) is 10.9 Å². The van der Waals surface area contributed by atoms with E-state index in [1.165, 1.54) is 6.92 Å². The summed E-state index contributed by atoms with van der Waals surface area (Å²) < 4.78 is 0. The maximum Gasteiger partial charge on any atom is 0.221 e. The molecule has 0 saturated heterocycles. The molecule has 0 aliphatic carbocycles. The number of carbonyl (C=O) groups is 1. The normalized spacial score (nSPS) is 12.4. The van der Waals surface area contributed by atoms with Crippen molar-refractivity contribution < 1.29 is 4.79 Å². The molecular weight excluding hydrogens is 226 g/mol. The molecule has 0 fully saturated rings. The van der Waals surface area contributed by atoms with Crippen molar-refractivity contribution in [2.45, 2.75) is 26.8 Å². The molecule has 1 atom stereocenters. The number of hydrogen-bond donors (Lipinski definition) is 2. The highest BCUT2D eigenvalue weighted by molar-refractivity contribution is 5.93. The number of aryl methyl sites for hydroxylation is 1. The van der Waals surface area contributed by atoms with Gasteiger partial charge in [0.2, 0.25) is 5.91 Å². The van der Waals surface area contributed by atoms with Crippen molar-refractivity contribution in [2.24, 2.45) is 5.73 Å². The molecule has 0 saturated carbocycles. The van der Waals surface area contributed by atoms with E-state index in [2.05, 4.69) is 10.3 Å². The van der Waals surface area contributed by atoms with Crippen molar-refractivity contribution in [3.8, 4) is 0 Å². The van der Waals surface area contributed by atoms with Crippen LogP contribution < -0.4 is 11.1 Å². The molecule has 4 nitrogen and oxygen atoms in total. The molecule has 0 aliphatic rings. The summed E-state index contributed by atoms with van der Waals surface area (Å²) in [5, 5.41) is 3.80. The van der Waals surface area contributed by atoms with Crippen LogP contribution in [0.2, 0.25) is 0 Å². The third kappa shape index (κ3) is 2.49. The molecule has 1 aromatic heterocycles. The van der Waals surface area contributed by atoms with Gasteiger partial charge in [-0.15, -0.1) is 0 Å². The number of nitrogens with one attached hydrogen (secondary N) is 1. The fourth-order valence-corrected chi connectivity index (χ4v) is 1.93. The number of amides is 1. The van der Waals surface area contributed by atoms with Gasteiger partial charge in [0, 0.05) is 24.0 Å². The molecule has 2 rings (SSSR count). The summed E-state index contributed by atoms with van der Waals surface area (Å²) in [6.45, 7) is 5.43. The highest BCUT2D eigenvalue weighted by atomic mass is 16.1. The third-order valence-corrected chi connectivity index (χ3v) is 2.82. The minimum absolute atomic E-state index is 0.0767.